The van der Waals surface area contributed by atoms with Gasteiger partial charge in [-0.2, -0.15) is 0 Å². The first-order chi connectivity index (χ1) is 10.3. The zero-order valence-electron chi connectivity index (χ0n) is 13.1. The fourth-order valence-corrected chi connectivity index (χ4v) is 3.03. The van der Waals surface area contributed by atoms with Gasteiger partial charge in [0.05, 0.1) is 6.61 Å². The fraction of sp³-hybridized carbons (Fsp3) is 0.611. The van der Waals surface area contributed by atoms with Gasteiger partial charge >= 0.3 is 5.97 Å². The molecule has 0 radical (unpaired) electrons. The summed E-state index contributed by atoms with van der Waals surface area (Å²) in [5.74, 6) is -0.0572. The van der Waals surface area contributed by atoms with Crippen LogP contribution in [0.25, 0.3) is 0 Å². The zero-order chi connectivity index (χ0) is 14.9. The van der Waals surface area contributed by atoms with E-state index in [-0.39, 0.29) is 5.97 Å². The molecule has 1 aliphatic rings. The van der Waals surface area contributed by atoms with Crippen LogP contribution in [0.3, 0.4) is 0 Å². The Bertz CT molecular complexity index is 445. The minimum Gasteiger partial charge on any atom is -0.466 e. The highest BCUT2D eigenvalue weighted by Gasteiger charge is 2.20. The van der Waals surface area contributed by atoms with Crippen molar-refractivity contribution in [1.82, 2.24) is 5.32 Å². The summed E-state index contributed by atoms with van der Waals surface area (Å²) in [4.78, 5) is 11.2. The molecule has 1 atom stereocenters. The van der Waals surface area contributed by atoms with Crippen LogP contribution in [0.15, 0.2) is 24.3 Å². The second-order valence-corrected chi connectivity index (χ2v) is 5.71. The summed E-state index contributed by atoms with van der Waals surface area (Å²) >= 11 is 0. The summed E-state index contributed by atoms with van der Waals surface area (Å²) in [7, 11) is 0. The first-order valence-electron chi connectivity index (χ1n) is 8.28. The molecule has 3 nitrogen and oxygen atoms in total. The molecule has 0 heterocycles. The van der Waals surface area contributed by atoms with Gasteiger partial charge in [-0.15, -0.1) is 0 Å². The van der Waals surface area contributed by atoms with Crippen LogP contribution in [0.5, 0.6) is 0 Å². The molecule has 0 bridgehead atoms. The van der Waals surface area contributed by atoms with E-state index in [9.17, 15) is 4.79 Å². The molecule has 0 aliphatic heterocycles. The van der Waals surface area contributed by atoms with Gasteiger partial charge in [0.1, 0.15) is 0 Å². The fourth-order valence-electron chi connectivity index (χ4n) is 3.03. The maximum atomic E-state index is 11.2. The lowest BCUT2D eigenvalue weighted by Crippen LogP contribution is -2.20. The third kappa shape index (κ3) is 5.16. The Hall–Kier alpha value is -1.35. The molecule has 0 aromatic heterocycles. The van der Waals surface area contributed by atoms with Crippen molar-refractivity contribution in [2.24, 2.45) is 0 Å². The normalized spacial score (nSPS) is 16.7. The maximum Gasteiger partial charge on any atom is 0.305 e. The van der Waals surface area contributed by atoms with Crippen molar-refractivity contribution in [2.75, 3.05) is 13.2 Å². The molecule has 0 spiro atoms. The SMILES string of the molecule is CCOC(=O)CCCCCCNC1CCc2ccccc21. The summed E-state index contributed by atoms with van der Waals surface area (Å²) in [6.07, 6.45) is 7.42. The van der Waals surface area contributed by atoms with E-state index in [2.05, 4.69) is 29.6 Å². The van der Waals surface area contributed by atoms with Crippen LogP contribution >= 0.6 is 0 Å². The Kier molecular flexibility index (Phi) is 6.74. The van der Waals surface area contributed by atoms with Crippen molar-refractivity contribution in [3.05, 3.63) is 35.4 Å². The van der Waals surface area contributed by atoms with Crippen LogP contribution in [0.2, 0.25) is 0 Å². The monoisotopic (exact) mass is 289 g/mol. The number of carbonyl (C=O) groups excluding carboxylic acids is 1. The molecule has 0 amide bonds. The first-order valence-corrected chi connectivity index (χ1v) is 8.28. The maximum absolute atomic E-state index is 11.2. The third-order valence-electron chi connectivity index (χ3n) is 4.14. The highest BCUT2D eigenvalue weighted by molar-refractivity contribution is 5.69. The third-order valence-corrected chi connectivity index (χ3v) is 4.14. The van der Waals surface area contributed by atoms with Gasteiger partial charge in [0.25, 0.3) is 0 Å². The molecular weight excluding hydrogens is 262 g/mol. The molecule has 1 aromatic carbocycles. The van der Waals surface area contributed by atoms with E-state index in [0.29, 0.717) is 19.1 Å². The van der Waals surface area contributed by atoms with E-state index < -0.39 is 0 Å². The molecule has 21 heavy (non-hydrogen) atoms. The smallest absolute Gasteiger partial charge is 0.305 e. The first kappa shape index (κ1) is 16.0. The van der Waals surface area contributed by atoms with Gasteiger partial charge in [0, 0.05) is 12.5 Å². The summed E-state index contributed by atoms with van der Waals surface area (Å²) in [5, 5.41) is 3.67. The van der Waals surface area contributed by atoms with Crippen molar-refractivity contribution in [2.45, 2.75) is 57.9 Å². The number of nitrogens with one attached hydrogen (secondary N) is 1. The van der Waals surface area contributed by atoms with Gasteiger partial charge in [0.15, 0.2) is 0 Å². The average Bonchev–Trinajstić information content (AvgIpc) is 2.90. The number of hydrogen-bond acceptors (Lipinski definition) is 3. The molecular formula is C18H27NO2. The number of aryl methyl sites for hydroxylation is 1. The van der Waals surface area contributed by atoms with Gasteiger partial charge in [-0.25, -0.2) is 0 Å². The molecule has 2 rings (SSSR count). The Labute approximate surface area is 128 Å². The van der Waals surface area contributed by atoms with Gasteiger partial charge < -0.3 is 10.1 Å². The van der Waals surface area contributed by atoms with E-state index in [4.69, 9.17) is 4.74 Å². The van der Waals surface area contributed by atoms with Crippen LogP contribution in [-0.2, 0) is 16.0 Å². The molecule has 0 saturated heterocycles. The number of hydrogen-bond donors (Lipinski definition) is 1. The number of benzene rings is 1. The van der Waals surface area contributed by atoms with Crippen molar-refractivity contribution in [3.63, 3.8) is 0 Å². The lowest BCUT2D eigenvalue weighted by atomic mass is 10.1. The largest absolute Gasteiger partial charge is 0.466 e. The zero-order valence-corrected chi connectivity index (χ0v) is 13.1. The van der Waals surface area contributed by atoms with Crippen LogP contribution in [-0.4, -0.2) is 19.1 Å². The summed E-state index contributed by atoms with van der Waals surface area (Å²) in [6.45, 7) is 3.41. The van der Waals surface area contributed by atoms with E-state index in [0.717, 1.165) is 19.4 Å². The molecule has 1 aliphatic carbocycles. The lowest BCUT2D eigenvalue weighted by Gasteiger charge is -2.13. The highest BCUT2D eigenvalue weighted by Crippen LogP contribution is 2.30. The average molecular weight is 289 g/mol. The summed E-state index contributed by atoms with van der Waals surface area (Å²) in [5.41, 5.74) is 2.99. The standard InChI is InChI=1S/C18H27NO2/c1-2-21-18(20)11-5-3-4-8-14-19-17-13-12-15-9-6-7-10-16(15)17/h6-7,9-10,17,19H,2-5,8,11-14H2,1H3. The van der Waals surface area contributed by atoms with E-state index in [1.165, 1.54) is 36.8 Å². The Balaban J connectivity index is 1.52. The number of unbranched alkanes of at least 4 members (excludes halogenated alkanes) is 3. The number of fused-ring (bicyclic) bond motifs is 1. The molecule has 1 N–H and O–H groups in total. The molecule has 1 unspecified atom stereocenters. The Morgan fingerprint density at radius 2 is 2.05 bits per heavy atom. The molecule has 116 valence electrons. The summed E-state index contributed by atoms with van der Waals surface area (Å²) < 4.78 is 4.92. The highest BCUT2D eigenvalue weighted by atomic mass is 16.5. The van der Waals surface area contributed by atoms with Gasteiger partial charge in [-0.3, -0.25) is 4.79 Å². The molecule has 1 aromatic rings. The van der Waals surface area contributed by atoms with E-state index in [1.807, 2.05) is 6.92 Å². The van der Waals surface area contributed by atoms with Crippen molar-refractivity contribution in [3.8, 4) is 0 Å². The predicted octanol–water partition coefficient (Wildman–Crippen LogP) is 3.78. The van der Waals surface area contributed by atoms with Crippen LogP contribution in [0.1, 0.15) is 62.6 Å². The Morgan fingerprint density at radius 1 is 1.24 bits per heavy atom. The number of carbonyl (C=O) groups is 1. The minimum absolute atomic E-state index is 0.0572. The van der Waals surface area contributed by atoms with Crippen LogP contribution < -0.4 is 5.32 Å². The van der Waals surface area contributed by atoms with Crippen LogP contribution in [0, 0.1) is 0 Å². The predicted molar refractivity (Wildman–Crippen MR) is 85.2 cm³/mol. The topological polar surface area (TPSA) is 38.3 Å². The van der Waals surface area contributed by atoms with Crippen molar-refractivity contribution in [1.29, 1.82) is 0 Å². The van der Waals surface area contributed by atoms with Crippen molar-refractivity contribution >= 4 is 5.97 Å². The van der Waals surface area contributed by atoms with E-state index in [1.54, 1.807) is 0 Å². The minimum atomic E-state index is -0.0572. The summed E-state index contributed by atoms with van der Waals surface area (Å²) in [6, 6.07) is 9.30. The molecule has 0 saturated carbocycles. The second-order valence-electron chi connectivity index (χ2n) is 5.71. The van der Waals surface area contributed by atoms with Gasteiger partial charge in [-0.1, -0.05) is 37.1 Å². The number of esters is 1. The number of ether oxygens (including phenoxy) is 1. The number of rotatable bonds is 9. The lowest BCUT2D eigenvalue weighted by molar-refractivity contribution is -0.143. The van der Waals surface area contributed by atoms with Gasteiger partial charge in [0.2, 0.25) is 0 Å². The second kappa shape index (κ2) is 8.83. The van der Waals surface area contributed by atoms with Crippen LogP contribution in [0.4, 0.5) is 0 Å². The Morgan fingerprint density at radius 3 is 2.90 bits per heavy atom. The molecule has 3 heteroatoms. The van der Waals surface area contributed by atoms with Gasteiger partial charge in [-0.05, 0) is 50.3 Å². The molecule has 0 fully saturated rings. The van der Waals surface area contributed by atoms with Crippen molar-refractivity contribution < 1.29 is 9.53 Å². The van der Waals surface area contributed by atoms with E-state index >= 15 is 0 Å². The quantitative estimate of drug-likeness (QED) is 0.555.